The predicted molar refractivity (Wildman–Crippen MR) is 75.6 cm³/mol. The van der Waals surface area contributed by atoms with Crippen molar-refractivity contribution in [2.45, 2.75) is 39.0 Å². The predicted octanol–water partition coefficient (Wildman–Crippen LogP) is 2.22. The third kappa shape index (κ3) is 3.71. The van der Waals surface area contributed by atoms with Crippen molar-refractivity contribution in [1.29, 1.82) is 0 Å². The molecule has 0 aliphatic rings. The lowest BCUT2D eigenvalue weighted by Gasteiger charge is -2.24. The number of rotatable bonds is 6. The summed E-state index contributed by atoms with van der Waals surface area (Å²) in [5.74, 6) is 0. The van der Waals surface area contributed by atoms with Crippen LogP contribution in [0.4, 0.5) is 5.69 Å². The number of benzene rings is 1. The maximum absolute atomic E-state index is 12.2. The molecule has 5 heteroatoms. The zero-order valence-corrected chi connectivity index (χ0v) is 12.1. The first-order valence-electron chi connectivity index (χ1n) is 6.21. The zero-order chi connectivity index (χ0) is 13.8. The largest absolute Gasteiger partial charge is 0.399 e. The molecule has 1 rings (SSSR count). The number of nitrogens with two attached hydrogens (primary N) is 1. The summed E-state index contributed by atoms with van der Waals surface area (Å²) >= 11 is 0. The molecule has 0 atom stereocenters. The van der Waals surface area contributed by atoms with Crippen molar-refractivity contribution in [3.63, 3.8) is 0 Å². The molecule has 102 valence electrons. The molecule has 1 aromatic rings. The van der Waals surface area contributed by atoms with Gasteiger partial charge in [-0.3, -0.25) is 0 Å². The van der Waals surface area contributed by atoms with Gasteiger partial charge in [0.25, 0.3) is 0 Å². The van der Waals surface area contributed by atoms with Crippen LogP contribution in [-0.2, 0) is 16.6 Å². The Morgan fingerprint density at radius 1 is 1.22 bits per heavy atom. The first-order chi connectivity index (χ1) is 8.37. The van der Waals surface area contributed by atoms with Crippen molar-refractivity contribution in [3.05, 3.63) is 29.8 Å². The van der Waals surface area contributed by atoms with E-state index in [0.717, 1.165) is 12.0 Å². The normalized spacial score (nSPS) is 12.3. The van der Waals surface area contributed by atoms with Crippen LogP contribution in [0.3, 0.4) is 0 Å². The highest BCUT2D eigenvalue weighted by Crippen LogP contribution is 2.15. The Balaban J connectivity index is 2.90. The molecule has 0 aliphatic heterocycles. The molecule has 0 aromatic heterocycles. The molecular weight excluding hydrogens is 248 g/mol. The van der Waals surface area contributed by atoms with Crippen LogP contribution in [0.5, 0.6) is 0 Å². The maximum Gasteiger partial charge on any atom is 0.216 e. The molecule has 0 fully saturated rings. The lowest BCUT2D eigenvalue weighted by atomic mass is 10.2. The Hall–Kier alpha value is -1.07. The quantitative estimate of drug-likeness (QED) is 0.806. The Morgan fingerprint density at radius 2 is 1.78 bits per heavy atom. The van der Waals surface area contributed by atoms with Gasteiger partial charge in [-0.15, -0.1) is 0 Å². The first-order valence-corrected chi connectivity index (χ1v) is 7.71. The number of nitrogen functional groups attached to an aromatic ring is 1. The number of nitrogens with zero attached hydrogens (tertiary/aromatic N) is 1. The molecule has 0 amide bonds. The van der Waals surface area contributed by atoms with E-state index in [1.165, 1.54) is 0 Å². The second-order valence-electron chi connectivity index (χ2n) is 4.67. The van der Waals surface area contributed by atoms with E-state index in [1.54, 1.807) is 30.3 Å². The minimum atomic E-state index is -3.21. The summed E-state index contributed by atoms with van der Waals surface area (Å²) in [6, 6.07) is 7.32. The number of sulfonamides is 1. The van der Waals surface area contributed by atoms with E-state index in [4.69, 9.17) is 5.73 Å². The van der Waals surface area contributed by atoms with Crippen LogP contribution in [0, 0.1) is 0 Å². The van der Waals surface area contributed by atoms with Crippen molar-refractivity contribution in [1.82, 2.24) is 4.31 Å². The van der Waals surface area contributed by atoms with E-state index in [-0.39, 0.29) is 0 Å². The van der Waals surface area contributed by atoms with Crippen molar-refractivity contribution in [3.8, 4) is 0 Å². The van der Waals surface area contributed by atoms with Gasteiger partial charge in [0.15, 0.2) is 0 Å². The highest BCUT2D eigenvalue weighted by molar-refractivity contribution is 7.89. The summed E-state index contributed by atoms with van der Waals surface area (Å²) in [6.45, 7) is 6.35. The third-order valence-electron chi connectivity index (χ3n) is 2.77. The highest BCUT2D eigenvalue weighted by atomic mass is 32.2. The molecule has 2 N–H and O–H groups in total. The molecular formula is C13H22N2O2S. The summed E-state index contributed by atoms with van der Waals surface area (Å²) in [5, 5.41) is -0.391. The molecule has 18 heavy (non-hydrogen) atoms. The van der Waals surface area contributed by atoms with E-state index in [0.29, 0.717) is 18.8 Å². The van der Waals surface area contributed by atoms with Crippen molar-refractivity contribution >= 4 is 15.7 Å². The first kappa shape index (κ1) is 15.0. The van der Waals surface area contributed by atoms with Gasteiger partial charge in [0, 0.05) is 18.8 Å². The second-order valence-corrected chi connectivity index (χ2v) is 7.16. The van der Waals surface area contributed by atoms with Gasteiger partial charge in [0.05, 0.1) is 5.25 Å². The second kappa shape index (κ2) is 6.20. The highest BCUT2D eigenvalue weighted by Gasteiger charge is 2.24. The Bertz CT molecular complexity index is 466. The average Bonchev–Trinajstić information content (AvgIpc) is 2.31. The molecule has 0 saturated heterocycles. The number of hydrogen-bond acceptors (Lipinski definition) is 3. The Morgan fingerprint density at radius 3 is 2.22 bits per heavy atom. The van der Waals surface area contributed by atoms with Crippen LogP contribution in [0.15, 0.2) is 24.3 Å². The fourth-order valence-corrected chi connectivity index (χ4v) is 3.03. The minimum absolute atomic E-state index is 0.391. The Labute approximate surface area is 110 Å². The molecule has 0 aliphatic carbocycles. The molecule has 1 aromatic carbocycles. The molecule has 0 radical (unpaired) electrons. The fraction of sp³-hybridized carbons (Fsp3) is 0.538. The van der Waals surface area contributed by atoms with Crippen LogP contribution in [0.25, 0.3) is 0 Å². The van der Waals surface area contributed by atoms with Crippen LogP contribution in [0.1, 0.15) is 32.8 Å². The van der Waals surface area contributed by atoms with E-state index in [1.807, 2.05) is 19.1 Å². The van der Waals surface area contributed by atoms with E-state index >= 15 is 0 Å². The van der Waals surface area contributed by atoms with Gasteiger partial charge < -0.3 is 5.73 Å². The SMILES string of the molecule is CCCN(Cc1ccc(N)cc1)S(=O)(=O)C(C)C. The molecule has 0 heterocycles. The van der Waals surface area contributed by atoms with Gasteiger partial charge in [-0.05, 0) is 38.0 Å². The lowest BCUT2D eigenvalue weighted by Crippen LogP contribution is -2.36. The fourth-order valence-electron chi connectivity index (χ4n) is 1.67. The molecule has 4 nitrogen and oxygen atoms in total. The van der Waals surface area contributed by atoms with Crippen LogP contribution >= 0.6 is 0 Å². The monoisotopic (exact) mass is 270 g/mol. The van der Waals surface area contributed by atoms with Crippen molar-refractivity contribution in [2.75, 3.05) is 12.3 Å². The summed E-state index contributed by atoms with van der Waals surface area (Å²) in [6.07, 6.45) is 0.806. The standard InChI is InChI=1S/C13H22N2O2S/c1-4-9-15(18(16,17)11(2)3)10-12-5-7-13(14)8-6-12/h5-8,11H,4,9-10,14H2,1-3H3. The average molecular weight is 270 g/mol. The molecule has 0 unspecified atom stereocenters. The van der Waals surface area contributed by atoms with Crippen molar-refractivity contribution in [2.24, 2.45) is 0 Å². The van der Waals surface area contributed by atoms with Crippen molar-refractivity contribution < 1.29 is 8.42 Å². The number of anilines is 1. The van der Waals surface area contributed by atoms with Gasteiger partial charge >= 0.3 is 0 Å². The maximum atomic E-state index is 12.2. The van der Waals surface area contributed by atoms with Gasteiger partial charge in [-0.25, -0.2) is 8.42 Å². The molecule has 0 spiro atoms. The lowest BCUT2D eigenvalue weighted by molar-refractivity contribution is 0.401. The van der Waals surface area contributed by atoms with Gasteiger partial charge in [-0.1, -0.05) is 19.1 Å². The van der Waals surface area contributed by atoms with Gasteiger partial charge in [-0.2, -0.15) is 4.31 Å². The van der Waals surface area contributed by atoms with E-state index in [9.17, 15) is 8.42 Å². The van der Waals surface area contributed by atoms with E-state index in [2.05, 4.69) is 0 Å². The van der Waals surface area contributed by atoms with Crippen LogP contribution in [-0.4, -0.2) is 24.5 Å². The summed E-state index contributed by atoms with van der Waals surface area (Å²) in [5.41, 5.74) is 7.27. The van der Waals surface area contributed by atoms with Crippen LogP contribution in [0.2, 0.25) is 0 Å². The molecule has 0 saturated carbocycles. The van der Waals surface area contributed by atoms with Crippen LogP contribution < -0.4 is 5.73 Å². The number of hydrogen-bond donors (Lipinski definition) is 1. The topological polar surface area (TPSA) is 63.4 Å². The van der Waals surface area contributed by atoms with Gasteiger partial charge in [0.2, 0.25) is 10.0 Å². The smallest absolute Gasteiger partial charge is 0.216 e. The summed E-state index contributed by atoms with van der Waals surface area (Å²) < 4.78 is 25.9. The minimum Gasteiger partial charge on any atom is -0.399 e. The summed E-state index contributed by atoms with van der Waals surface area (Å²) in [7, 11) is -3.21. The summed E-state index contributed by atoms with van der Waals surface area (Å²) in [4.78, 5) is 0. The third-order valence-corrected chi connectivity index (χ3v) is 4.99. The van der Waals surface area contributed by atoms with Gasteiger partial charge in [0.1, 0.15) is 0 Å². The van der Waals surface area contributed by atoms with E-state index < -0.39 is 15.3 Å². The Kier molecular flexibility index (Phi) is 5.16. The molecule has 0 bridgehead atoms. The zero-order valence-electron chi connectivity index (χ0n) is 11.3.